The zero-order valence-electron chi connectivity index (χ0n) is 9.81. The number of aliphatic hydroxyl groups is 1. The highest BCUT2D eigenvalue weighted by Gasteiger charge is 2.65. The van der Waals surface area contributed by atoms with Crippen LogP contribution in [0.25, 0.3) is 0 Å². The maximum atomic E-state index is 10.6. The van der Waals surface area contributed by atoms with E-state index in [2.05, 4.69) is 6.07 Å². The number of rotatable bonds is 2. The number of nitriles is 1. The van der Waals surface area contributed by atoms with Gasteiger partial charge in [-0.2, -0.15) is 5.26 Å². The van der Waals surface area contributed by atoms with Crippen LogP contribution in [0.3, 0.4) is 0 Å². The van der Waals surface area contributed by atoms with E-state index >= 15 is 0 Å². The van der Waals surface area contributed by atoms with Gasteiger partial charge in [0, 0.05) is 17.8 Å². The lowest BCUT2D eigenvalue weighted by atomic mass is 9.68. The summed E-state index contributed by atoms with van der Waals surface area (Å²) in [6, 6.07) is 2.15. The van der Waals surface area contributed by atoms with Gasteiger partial charge in [-0.3, -0.25) is 10.1 Å². The molecule has 17 heavy (non-hydrogen) atoms. The second-order valence-corrected chi connectivity index (χ2v) is 5.40. The van der Waals surface area contributed by atoms with Gasteiger partial charge in [-0.05, 0) is 19.8 Å². The first-order valence-corrected chi connectivity index (χ1v) is 5.80. The van der Waals surface area contributed by atoms with E-state index in [1.54, 1.807) is 6.92 Å². The third kappa shape index (κ3) is 1.79. The van der Waals surface area contributed by atoms with Gasteiger partial charge in [0.05, 0.1) is 6.07 Å². The van der Waals surface area contributed by atoms with Gasteiger partial charge < -0.3 is 9.84 Å². The molecule has 3 atom stereocenters. The van der Waals surface area contributed by atoms with Crippen molar-refractivity contribution in [2.24, 2.45) is 5.41 Å². The van der Waals surface area contributed by atoms with E-state index in [-0.39, 0.29) is 13.0 Å². The van der Waals surface area contributed by atoms with Crippen LogP contribution in [0.1, 0.15) is 39.0 Å². The molecule has 1 saturated carbocycles. The average molecular weight is 240 g/mol. The highest BCUT2D eigenvalue weighted by atomic mass is 16.7. The summed E-state index contributed by atoms with van der Waals surface area (Å²) in [6.07, 6.45) is 2.80. The van der Waals surface area contributed by atoms with E-state index < -0.39 is 21.7 Å². The first kappa shape index (κ1) is 12.3. The SMILES string of the molecule is CC1(C[N+](=O)[O-])CC2(C#N)CCCCC2(O)O1. The predicted octanol–water partition coefficient (Wildman–Crippen LogP) is 1.21. The molecule has 0 aromatic carbocycles. The van der Waals surface area contributed by atoms with Crippen LogP contribution in [0.4, 0.5) is 0 Å². The second kappa shape index (κ2) is 3.65. The summed E-state index contributed by atoms with van der Waals surface area (Å²) in [5.74, 6) is -1.51. The van der Waals surface area contributed by atoms with Gasteiger partial charge in [-0.25, -0.2) is 0 Å². The molecular formula is C11H16N2O4. The van der Waals surface area contributed by atoms with Crippen LogP contribution in [0, 0.1) is 26.9 Å². The Bertz CT molecular complexity index is 393. The van der Waals surface area contributed by atoms with Gasteiger partial charge >= 0.3 is 0 Å². The largest absolute Gasteiger partial charge is 0.364 e. The van der Waals surface area contributed by atoms with E-state index in [1.165, 1.54) is 0 Å². The van der Waals surface area contributed by atoms with Crippen LogP contribution >= 0.6 is 0 Å². The Kier molecular flexibility index (Phi) is 2.64. The molecule has 2 aliphatic rings. The molecule has 0 aromatic rings. The van der Waals surface area contributed by atoms with Gasteiger partial charge in [0.1, 0.15) is 11.0 Å². The fraction of sp³-hybridized carbons (Fsp3) is 0.909. The topological polar surface area (TPSA) is 96.4 Å². The third-order valence-corrected chi connectivity index (χ3v) is 3.89. The first-order valence-electron chi connectivity index (χ1n) is 5.80. The average Bonchev–Trinajstić information content (AvgIpc) is 2.43. The molecule has 1 aliphatic heterocycles. The summed E-state index contributed by atoms with van der Waals surface area (Å²) in [7, 11) is 0. The van der Waals surface area contributed by atoms with E-state index in [4.69, 9.17) is 4.74 Å². The molecule has 2 fully saturated rings. The van der Waals surface area contributed by atoms with Crippen LogP contribution in [-0.4, -0.2) is 28.0 Å². The van der Waals surface area contributed by atoms with Crippen molar-refractivity contribution in [3.05, 3.63) is 10.1 Å². The van der Waals surface area contributed by atoms with Gasteiger partial charge in [0.2, 0.25) is 6.54 Å². The monoisotopic (exact) mass is 240 g/mol. The maximum absolute atomic E-state index is 10.6. The molecule has 1 N–H and O–H groups in total. The summed E-state index contributed by atoms with van der Waals surface area (Å²) < 4.78 is 5.54. The van der Waals surface area contributed by atoms with E-state index in [9.17, 15) is 20.5 Å². The van der Waals surface area contributed by atoms with E-state index in [0.29, 0.717) is 12.8 Å². The van der Waals surface area contributed by atoms with Crippen LogP contribution in [0.5, 0.6) is 0 Å². The van der Waals surface area contributed by atoms with Gasteiger partial charge in [0.25, 0.3) is 0 Å². The van der Waals surface area contributed by atoms with Crippen molar-refractivity contribution in [1.29, 1.82) is 5.26 Å². The molecule has 0 spiro atoms. The molecule has 1 heterocycles. The molecule has 3 unspecified atom stereocenters. The predicted molar refractivity (Wildman–Crippen MR) is 57.4 cm³/mol. The number of nitro groups is 1. The number of hydrogen-bond donors (Lipinski definition) is 1. The Morgan fingerprint density at radius 2 is 2.18 bits per heavy atom. The normalized spacial score (nSPS) is 45.0. The quantitative estimate of drug-likeness (QED) is 0.578. The Morgan fingerprint density at radius 1 is 1.53 bits per heavy atom. The lowest BCUT2D eigenvalue weighted by molar-refractivity contribution is -0.503. The number of ether oxygens (including phenoxy) is 1. The highest BCUT2D eigenvalue weighted by molar-refractivity contribution is 5.16. The van der Waals surface area contributed by atoms with Crippen molar-refractivity contribution in [3.8, 4) is 6.07 Å². The molecule has 6 nitrogen and oxygen atoms in total. The van der Waals surface area contributed by atoms with Crippen molar-refractivity contribution in [2.45, 2.75) is 50.4 Å². The minimum Gasteiger partial charge on any atom is -0.364 e. The molecule has 1 aliphatic carbocycles. The van der Waals surface area contributed by atoms with Gasteiger partial charge in [-0.1, -0.05) is 6.42 Å². The van der Waals surface area contributed by atoms with Crippen molar-refractivity contribution in [2.75, 3.05) is 6.54 Å². The standard InChI is InChI=1S/C11H16N2O4/c1-9(8-13(15)16)6-10(7-12)4-2-3-5-11(10,14)17-9/h14H,2-6,8H2,1H3. The summed E-state index contributed by atoms with van der Waals surface area (Å²) in [5, 5.41) is 30.4. The molecule has 94 valence electrons. The fourth-order valence-corrected chi connectivity index (χ4v) is 3.23. The molecule has 0 radical (unpaired) electrons. The highest BCUT2D eigenvalue weighted by Crippen LogP contribution is 2.57. The minimum absolute atomic E-state index is 0.230. The van der Waals surface area contributed by atoms with Crippen molar-refractivity contribution < 1.29 is 14.8 Å². The summed E-state index contributed by atoms with van der Waals surface area (Å²) in [6.45, 7) is 1.23. The minimum atomic E-state index is -1.51. The van der Waals surface area contributed by atoms with E-state index in [0.717, 1.165) is 12.8 Å². The maximum Gasteiger partial charge on any atom is 0.232 e. The Morgan fingerprint density at radius 3 is 2.71 bits per heavy atom. The Balaban J connectivity index is 2.31. The molecule has 2 rings (SSSR count). The summed E-state index contributed by atoms with van der Waals surface area (Å²) in [4.78, 5) is 10.2. The molecule has 0 amide bonds. The molecule has 6 heteroatoms. The zero-order valence-corrected chi connectivity index (χ0v) is 9.81. The lowest BCUT2D eigenvalue weighted by Gasteiger charge is -2.39. The summed E-state index contributed by atoms with van der Waals surface area (Å²) >= 11 is 0. The number of nitrogens with zero attached hydrogens (tertiary/aromatic N) is 2. The Hall–Kier alpha value is -1.19. The Labute approximate surface area is 99.3 Å². The lowest BCUT2D eigenvalue weighted by Crippen LogP contribution is -2.47. The van der Waals surface area contributed by atoms with Crippen LogP contribution in [-0.2, 0) is 4.74 Å². The van der Waals surface area contributed by atoms with Crippen molar-refractivity contribution in [3.63, 3.8) is 0 Å². The zero-order chi connectivity index (χ0) is 12.7. The molecule has 0 bridgehead atoms. The summed E-state index contributed by atoms with van der Waals surface area (Å²) in [5.41, 5.74) is -2.02. The molecule has 0 aromatic heterocycles. The van der Waals surface area contributed by atoms with Gasteiger partial charge in [-0.15, -0.1) is 0 Å². The van der Waals surface area contributed by atoms with Crippen LogP contribution in [0.15, 0.2) is 0 Å². The van der Waals surface area contributed by atoms with Crippen molar-refractivity contribution >= 4 is 0 Å². The fourth-order valence-electron chi connectivity index (χ4n) is 3.23. The number of hydrogen-bond acceptors (Lipinski definition) is 5. The van der Waals surface area contributed by atoms with Crippen LogP contribution in [0.2, 0.25) is 0 Å². The molecular weight excluding hydrogens is 224 g/mol. The third-order valence-electron chi connectivity index (χ3n) is 3.89. The first-order chi connectivity index (χ1) is 7.85. The smallest absolute Gasteiger partial charge is 0.232 e. The van der Waals surface area contributed by atoms with Crippen LogP contribution < -0.4 is 0 Å². The van der Waals surface area contributed by atoms with Gasteiger partial charge in [0.15, 0.2) is 5.79 Å². The second-order valence-electron chi connectivity index (χ2n) is 5.40. The van der Waals surface area contributed by atoms with Crippen molar-refractivity contribution in [1.82, 2.24) is 0 Å². The van der Waals surface area contributed by atoms with E-state index in [1.807, 2.05) is 0 Å². The molecule has 1 saturated heterocycles. The number of fused-ring (bicyclic) bond motifs is 1.